The zero-order valence-electron chi connectivity index (χ0n) is 7.08. The van der Waals surface area contributed by atoms with Crippen molar-refractivity contribution in [3.05, 3.63) is 29.3 Å². The Morgan fingerprint density at radius 2 is 1.40 bits per heavy atom. The molecule has 0 aliphatic carbocycles. The molecule has 2 N–H and O–H groups in total. The zero-order valence-corrected chi connectivity index (χ0v) is 7.08. The fraction of sp³-hybridized carbons (Fsp3) is 0.250. The molecule has 0 saturated carbocycles. The molecule has 0 radical (unpaired) electrons. The van der Waals surface area contributed by atoms with E-state index in [4.69, 9.17) is 5.73 Å². The summed E-state index contributed by atoms with van der Waals surface area (Å²) in [5.74, 6) is 0. The summed E-state index contributed by atoms with van der Waals surface area (Å²) in [6.45, 7) is 0. The first-order valence-corrected chi connectivity index (χ1v) is 3.66. The van der Waals surface area contributed by atoms with Crippen molar-refractivity contribution in [2.45, 2.75) is 12.4 Å². The molecule has 0 saturated heterocycles. The summed E-state index contributed by atoms with van der Waals surface area (Å²) in [7, 11) is 0. The molecule has 1 nitrogen and oxygen atoms in total. The van der Waals surface area contributed by atoms with E-state index >= 15 is 0 Å². The molecule has 0 heterocycles. The summed E-state index contributed by atoms with van der Waals surface area (Å²) < 4.78 is 72.7. The smallest absolute Gasteiger partial charge is 0.398 e. The molecule has 1 rings (SSSR count). The van der Waals surface area contributed by atoms with Gasteiger partial charge in [0.15, 0.2) is 0 Å². The van der Waals surface area contributed by atoms with Gasteiger partial charge in [0.05, 0.1) is 11.1 Å². The molecule has 1 aromatic carbocycles. The minimum atomic E-state index is -4.88. The van der Waals surface area contributed by atoms with Gasteiger partial charge < -0.3 is 5.73 Å². The standard InChI is InChI=1S/C8H5F6N/c9-7(10,11)4-1-2-6(15)5(3-4)8(12,13)14/h1-3H,15H2. The average Bonchev–Trinajstić information content (AvgIpc) is 2.00. The van der Waals surface area contributed by atoms with E-state index in [0.717, 1.165) is 0 Å². The Kier molecular flexibility index (Phi) is 2.58. The van der Waals surface area contributed by atoms with Crippen LogP contribution in [-0.4, -0.2) is 0 Å². The van der Waals surface area contributed by atoms with E-state index in [0.29, 0.717) is 12.1 Å². The highest BCUT2D eigenvalue weighted by molar-refractivity contribution is 5.50. The van der Waals surface area contributed by atoms with Crippen molar-refractivity contribution in [3.63, 3.8) is 0 Å². The maximum Gasteiger partial charge on any atom is 0.418 e. The summed E-state index contributed by atoms with van der Waals surface area (Å²) in [6.07, 6.45) is -9.70. The normalized spacial score (nSPS) is 12.9. The summed E-state index contributed by atoms with van der Waals surface area (Å²) in [6, 6.07) is 1.09. The monoisotopic (exact) mass is 229 g/mol. The third-order valence-corrected chi connectivity index (χ3v) is 1.69. The van der Waals surface area contributed by atoms with Gasteiger partial charge in [0, 0.05) is 5.69 Å². The van der Waals surface area contributed by atoms with Crippen molar-refractivity contribution in [3.8, 4) is 0 Å². The van der Waals surface area contributed by atoms with Gasteiger partial charge in [-0.15, -0.1) is 0 Å². The molecule has 0 aliphatic heterocycles. The molecule has 0 amide bonds. The van der Waals surface area contributed by atoms with Crippen LogP contribution in [0.5, 0.6) is 0 Å². The first-order chi connectivity index (χ1) is 6.62. The summed E-state index contributed by atoms with van der Waals surface area (Å²) in [5, 5.41) is 0. The molecule has 15 heavy (non-hydrogen) atoms. The van der Waals surface area contributed by atoms with Crippen molar-refractivity contribution in [1.29, 1.82) is 0 Å². The fourth-order valence-electron chi connectivity index (χ4n) is 0.978. The molecule has 84 valence electrons. The second-order valence-electron chi connectivity index (χ2n) is 2.80. The van der Waals surface area contributed by atoms with Crippen LogP contribution in [0.15, 0.2) is 18.2 Å². The van der Waals surface area contributed by atoms with E-state index in [2.05, 4.69) is 0 Å². The maximum absolute atomic E-state index is 12.2. The van der Waals surface area contributed by atoms with Crippen LogP contribution in [0, 0.1) is 0 Å². The number of nitrogen functional groups attached to an aromatic ring is 1. The predicted octanol–water partition coefficient (Wildman–Crippen LogP) is 3.31. The van der Waals surface area contributed by atoms with E-state index in [9.17, 15) is 26.3 Å². The summed E-state index contributed by atoms with van der Waals surface area (Å²) in [4.78, 5) is 0. The quantitative estimate of drug-likeness (QED) is 0.536. The maximum atomic E-state index is 12.2. The minimum absolute atomic E-state index is 0.00463. The number of hydrogen-bond acceptors (Lipinski definition) is 1. The van der Waals surface area contributed by atoms with Crippen LogP contribution in [0.1, 0.15) is 11.1 Å². The Labute approximate surface area is 80.5 Å². The molecule has 1 aromatic rings. The van der Waals surface area contributed by atoms with Gasteiger partial charge in [-0.25, -0.2) is 0 Å². The van der Waals surface area contributed by atoms with Crippen LogP contribution in [-0.2, 0) is 12.4 Å². The molecule has 0 spiro atoms. The third kappa shape index (κ3) is 2.54. The minimum Gasteiger partial charge on any atom is -0.398 e. The van der Waals surface area contributed by atoms with Crippen molar-refractivity contribution in [1.82, 2.24) is 0 Å². The SMILES string of the molecule is Nc1ccc(C(F)(F)F)cc1C(F)(F)F. The zero-order chi connectivity index (χ0) is 11.9. The molecule has 0 unspecified atom stereocenters. The number of rotatable bonds is 0. The summed E-state index contributed by atoms with van der Waals surface area (Å²) in [5.41, 5.74) is 1.36. The van der Waals surface area contributed by atoms with Gasteiger partial charge in [0.1, 0.15) is 0 Å². The average molecular weight is 229 g/mol. The van der Waals surface area contributed by atoms with E-state index in [-0.39, 0.29) is 6.07 Å². The topological polar surface area (TPSA) is 26.0 Å². The van der Waals surface area contributed by atoms with Gasteiger partial charge in [0.2, 0.25) is 0 Å². The van der Waals surface area contributed by atoms with Gasteiger partial charge >= 0.3 is 12.4 Å². The fourth-order valence-corrected chi connectivity index (χ4v) is 0.978. The van der Waals surface area contributed by atoms with Crippen molar-refractivity contribution >= 4 is 5.69 Å². The van der Waals surface area contributed by atoms with E-state index in [1.165, 1.54) is 0 Å². The number of nitrogens with two attached hydrogens (primary N) is 1. The summed E-state index contributed by atoms with van der Waals surface area (Å²) >= 11 is 0. The van der Waals surface area contributed by atoms with E-state index in [1.54, 1.807) is 0 Å². The number of alkyl halides is 6. The largest absolute Gasteiger partial charge is 0.418 e. The molecule has 0 atom stereocenters. The van der Waals surface area contributed by atoms with Crippen molar-refractivity contribution in [2.24, 2.45) is 0 Å². The predicted molar refractivity (Wildman–Crippen MR) is 40.9 cm³/mol. The molecular weight excluding hydrogens is 224 g/mol. The highest BCUT2D eigenvalue weighted by atomic mass is 19.4. The Bertz CT molecular complexity index is 364. The highest BCUT2D eigenvalue weighted by Crippen LogP contribution is 2.38. The molecule has 0 aromatic heterocycles. The molecular formula is C8H5F6N. The Morgan fingerprint density at radius 1 is 0.867 bits per heavy atom. The van der Waals surface area contributed by atoms with E-state index < -0.39 is 29.2 Å². The molecule has 0 fully saturated rings. The highest BCUT2D eigenvalue weighted by Gasteiger charge is 2.37. The van der Waals surface area contributed by atoms with Gasteiger partial charge in [-0.2, -0.15) is 26.3 Å². The Hall–Kier alpha value is -1.40. The lowest BCUT2D eigenvalue weighted by Crippen LogP contribution is -2.12. The number of halogens is 6. The van der Waals surface area contributed by atoms with Gasteiger partial charge in [-0.1, -0.05) is 0 Å². The number of anilines is 1. The third-order valence-electron chi connectivity index (χ3n) is 1.69. The second kappa shape index (κ2) is 3.32. The van der Waals surface area contributed by atoms with Crippen LogP contribution in [0.2, 0.25) is 0 Å². The Morgan fingerprint density at radius 3 is 1.80 bits per heavy atom. The number of benzene rings is 1. The van der Waals surface area contributed by atoms with Gasteiger partial charge in [0.25, 0.3) is 0 Å². The molecule has 0 bridgehead atoms. The first-order valence-electron chi connectivity index (χ1n) is 3.66. The molecule has 7 heteroatoms. The number of hydrogen-bond donors (Lipinski definition) is 1. The lowest BCUT2D eigenvalue weighted by atomic mass is 10.1. The van der Waals surface area contributed by atoms with Gasteiger partial charge in [-0.05, 0) is 18.2 Å². The Balaban J connectivity index is 3.30. The van der Waals surface area contributed by atoms with Crippen molar-refractivity contribution < 1.29 is 26.3 Å². The van der Waals surface area contributed by atoms with Crippen LogP contribution >= 0.6 is 0 Å². The van der Waals surface area contributed by atoms with Crippen LogP contribution in [0.3, 0.4) is 0 Å². The first kappa shape index (κ1) is 11.7. The second-order valence-corrected chi connectivity index (χ2v) is 2.80. The lowest BCUT2D eigenvalue weighted by Gasteiger charge is -2.13. The lowest BCUT2D eigenvalue weighted by molar-refractivity contribution is -0.142. The van der Waals surface area contributed by atoms with Gasteiger partial charge in [-0.3, -0.25) is 0 Å². The van der Waals surface area contributed by atoms with Crippen LogP contribution in [0.25, 0.3) is 0 Å². The van der Waals surface area contributed by atoms with E-state index in [1.807, 2.05) is 0 Å². The molecule has 0 aliphatic rings. The van der Waals surface area contributed by atoms with Crippen LogP contribution < -0.4 is 5.73 Å². The van der Waals surface area contributed by atoms with Crippen LogP contribution in [0.4, 0.5) is 32.0 Å². The van der Waals surface area contributed by atoms with Crippen molar-refractivity contribution in [2.75, 3.05) is 5.73 Å².